The van der Waals surface area contributed by atoms with E-state index in [1.807, 2.05) is 0 Å². The second kappa shape index (κ2) is 11.3. The fourth-order valence-corrected chi connectivity index (χ4v) is 2.33. The molecule has 0 atom stereocenters. The maximum absolute atomic E-state index is 13.2. The summed E-state index contributed by atoms with van der Waals surface area (Å²) in [6, 6.07) is 10.1. The summed E-state index contributed by atoms with van der Waals surface area (Å²) < 4.78 is 45.6. The highest BCUT2D eigenvalue weighted by Gasteiger charge is 2.21. The Kier molecular flexibility index (Phi) is 9.52. The summed E-state index contributed by atoms with van der Waals surface area (Å²) in [7, 11) is 5.73. The summed E-state index contributed by atoms with van der Waals surface area (Å²) in [5.74, 6) is -2.44. The Balaban J connectivity index is 0.000000277. The molecule has 6 nitrogen and oxygen atoms in total. The molecule has 0 saturated carbocycles. The van der Waals surface area contributed by atoms with E-state index in [1.54, 1.807) is 12.1 Å². The lowest BCUT2D eigenvalue weighted by Crippen LogP contribution is -2.12. The number of halogens is 2. The largest absolute Gasteiger partial charge is 0.478 e. The summed E-state index contributed by atoms with van der Waals surface area (Å²) in [5.41, 5.74) is 0.415. The van der Waals surface area contributed by atoms with Crippen molar-refractivity contribution in [2.24, 2.45) is 0 Å². The Morgan fingerprint density at radius 3 is 1.93 bits per heavy atom. The van der Waals surface area contributed by atoms with Crippen molar-refractivity contribution in [3.63, 3.8) is 0 Å². The molecule has 0 aliphatic rings. The third-order valence-electron chi connectivity index (χ3n) is 3.49. The lowest BCUT2D eigenvalue weighted by atomic mass is 10.1. The molecule has 0 aromatic heterocycles. The van der Waals surface area contributed by atoms with Crippen LogP contribution in [0.2, 0.25) is 0 Å². The molecule has 0 amide bonds. The van der Waals surface area contributed by atoms with E-state index in [0.29, 0.717) is 5.56 Å². The molecule has 0 fully saturated rings. The summed E-state index contributed by atoms with van der Waals surface area (Å²) in [6.45, 7) is 0. The fourth-order valence-electron chi connectivity index (χ4n) is 2.33. The maximum Gasteiger partial charge on any atom is 0.339 e. The molecule has 148 valence electrons. The number of aromatic carboxylic acids is 1. The molecule has 0 bridgehead atoms. The molecular formula is C19H22F2O6. The van der Waals surface area contributed by atoms with E-state index in [1.165, 1.54) is 52.7 Å². The number of carboxylic acid groups (broad SMARTS) is 1. The second-order valence-corrected chi connectivity index (χ2v) is 5.17. The molecule has 2 aromatic carbocycles. The van der Waals surface area contributed by atoms with Gasteiger partial charge in [-0.15, -0.1) is 0 Å². The van der Waals surface area contributed by atoms with E-state index in [-0.39, 0.29) is 11.4 Å². The van der Waals surface area contributed by atoms with Gasteiger partial charge in [0.1, 0.15) is 17.2 Å². The van der Waals surface area contributed by atoms with Gasteiger partial charge in [-0.2, -0.15) is 0 Å². The van der Waals surface area contributed by atoms with Crippen LogP contribution in [0.5, 0.6) is 0 Å². The van der Waals surface area contributed by atoms with Gasteiger partial charge in [-0.1, -0.05) is 24.3 Å². The Bertz CT molecular complexity index is 730. The van der Waals surface area contributed by atoms with Crippen LogP contribution >= 0.6 is 0 Å². The maximum atomic E-state index is 13.2. The molecule has 0 unspecified atom stereocenters. The van der Waals surface area contributed by atoms with Crippen molar-refractivity contribution >= 4 is 5.97 Å². The van der Waals surface area contributed by atoms with Gasteiger partial charge in [-0.25, -0.2) is 13.6 Å². The Morgan fingerprint density at radius 2 is 1.44 bits per heavy atom. The number of hydrogen-bond donors (Lipinski definition) is 1. The summed E-state index contributed by atoms with van der Waals surface area (Å²) in [4.78, 5) is 10.8. The minimum Gasteiger partial charge on any atom is -0.478 e. The number of methoxy groups -OCH3 is 4. The zero-order chi connectivity index (χ0) is 20.4. The first-order valence-corrected chi connectivity index (χ1v) is 7.77. The van der Waals surface area contributed by atoms with Crippen LogP contribution in [0.15, 0.2) is 42.5 Å². The first-order valence-electron chi connectivity index (χ1n) is 7.77. The van der Waals surface area contributed by atoms with Crippen molar-refractivity contribution in [3.05, 3.63) is 70.8 Å². The number of ether oxygens (including phenoxy) is 4. The van der Waals surface area contributed by atoms with Gasteiger partial charge in [0.15, 0.2) is 12.6 Å². The average molecular weight is 384 g/mol. The zero-order valence-electron chi connectivity index (χ0n) is 15.4. The first kappa shape index (κ1) is 22.7. The third kappa shape index (κ3) is 6.37. The Labute approximate surface area is 156 Å². The van der Waals surface area contributed by atoms with Crippen molar-refractivity contribution in [3.8, 4) is 0 Å². The second-order valence-electron chi connectivity index (χ2n) is 5.17. The Morgan fingerprint density at radius 1 is 0.889 bits per heavy atom. The molecule has 2 aromatic rings. The van der Waals surface area contributed by atoms with Crippen LogP contribution in [0.4, 0.5) is 8.78 Å². The predicted octanol–water partition coefficient (Wildman–Crippen LogP) is 3.93. The van der Waals surface area contributed by atoms with E-state index in [0.717, 1.165) is 6.07 Å². The molecule has 0 aliphatic carbocycles. The smallest absolute Gasteiger partial charge is 0.339 e. The van der Waals surface area contributed by atoms with Crippen LogP contribution in [0.25, 0.3) is 0 Å². The highest BCUT2D eigenvalue weighted by atomic mass is 19.1. The summed E-state index contributed by atoms with van der Waals surface area (Å²) in [6.07, 6.45) is -1.37. The first-order chi connectivity index (χ1) is 12.9. The van der Waals surface area contributed by atoms with Gasteiger partial charge in [0, 0.05) is 39.6 Å². The van der Waals surface area contributed by atoms with Crippen LogP contribution in [-0.2, 0) is 18.9 Å². The topological polar surface area (TPSA) is 74.2 Å². The Hall–Kier alpha value is -2.39. The number of carboxylic acids is 1. The van der Waals surface area contributed by atoms with Gasteiger partial charge in [0.05, 0.1) is 0 Å². The number of carbonyl (C=O) groups is 1. The van der Waals surface area contributed by atoms with Crippen LogP contribution < -0.4 is 0 Å². The van der Waals surface area contributed by atoms with E-state index in [4.69, 9.17) is 24.1 Å². The molecule has 2 rings (SSSR count). The molecule has 1 N–H and O–H groups in total. The highest BCUT2D eigenvalue weighted by molar-refractivity contribution is 5.89. The van der Waals surface area contributed by atoms with Crippen LogP contribution in [0, 0.1) is 11.6 Å². The molecule has 0 radical (unpaired) electrons. The van der Waals surface area contributed by atoms with E-state index in [9.17, 15) is 13.6 Å². The fraction of sp³-hybridized carbons (Fsp3) is 0.316. The van der Waals surface area contributed by atoms with Gasteiger partial charge < -0.3 is 24.1 Å². The van der Waals surface area contributed by atoms with E-state index >= 15 is 0 Å². The predicted molar refractivity (Wildman–Crippen MR) is 93.3 cm³/mol. The molecule has 27 heavy (non-hydrogen) atoms. The van der Waals surface area contributed by atoms with Crippen LogP contribution in [-0.4, -0.2) is 39.5 Å². The molecule has 0 aliphatic heterocycles. The van der Waals surface area contributed by atoms with E-state index in [2.05, 4.69) is 0 Å². The molecule has 0 saturated heterocycles. The molecule has 0 spiro atoms. The highest BCUT2D eigenvalue weighted by Crippen LogP contribution is 2.23. The zero-order valence-corrected chi connectivity index (χ0v) is 15.4. The van der Waals surface area contributed by atoms with E-state index < -0.39 is 29.9 Å². The standard InChI is InChI=1S/C10H11FO4.C9H11FO2/c1-14-10(15-2)6-4-3-5-7(11)8(6)9(12)13;1-11-9(12-2)7-4-3-5-8(10)6-7/h3-5,10H,1-2H3,(H,12,13);3-6,9H,1-2H3. The van der Waals surface area contributed by atoms with Crippen molar-refractivity contribution in [2.45, 2.75) is 12.6 Å². The van der Waals surface area contributed by atoms with Gasteiger partial charge >= 0.3 is 5.97 Å². The van der Waals surface area contributed by atoms with Crippen molar-refractivity contribution < 1.29 is 37.6 Å². The lowest BCUT2D eigenvalue weighted by Gasteiger charge is -2.15. The molecule has 8 heteroatoms. The monoisotopic (exact) mass is 384 g/mol. The number of rotatable bonds is 7. The normalized spacial score (nSPS) is 10.7. The summed E-state index contributed by atoms with van der Waals surface area (Å²) >= 11 is 0. The molecule has 0 heterocycles. The minimum absolute atomic E-state index is 0.160. The van der Waals surface area contributed by atoms with Gasteiger partial charge in [0.25, 0.3) is 0 Å². The number of benzene rings is 2. The van der Waals surface area contributed by atoms with Crippen molar-refractivity contribution in [1.29, 1.82) is 0 Å². The van der Waals surface area contributed by atoms with Crippen molar-refractivity contribution in [1.82, 2.24) is 0 Å². The average Bonchev–Trinajstić information content (AvgIpc) is 2.64. The van der Waals surface area contributed by atoms with Crippen molar-refractivity contribution in [2.75, 3.05) is 28.4 Å². The quantitative estimate of drug-likeness (QED) is 0.729. The SMILES string of the molecule is COC(OC)c1cccc(F)c1.COC(OC)c1cccc(F)c1C(=O)O. The van der Waals surface area contributed by atoms with Gasteiger partial charge in [-0.3, -0.25) is 0 Å². The van der Waals surface area contributed by atoms with Crippen LogP contribution in [0.3, 0.4) is 0 Å². The van der Waals surface area contributed by atoms with Gasteiger partial charge in [0.2, 0.25) is 0 Å². The number of hydrogen-bond acceptors (Lipinski definition) is 5. The minimum atomic E-state index is -1.35. The third-order valence-corrected chi connectivity index (χ3v) is 3.49. The summed E-state index contributed by atoms with van der Waals surface area (Å²) in [5, 5.41) is 8.84. The van der Waals surface area contributed by atoms with Crippen LogP contribution in [0.1, 0.15) is 34.1 Å². The lowest BCUT2D eigenvalue weighted by molar-refractivity contribution is -0.106. The molecular weight excluding hydrogens is 362 g/mol. The van der Waals surface area contributed by atoms with Gasteiger partial charge in [-0.05, 0) is 18.2 Å².